The zero-order valence-electron chi connectivity index (χ0n) is 10.1. The average Bonchev–Trinajstić information content (AvgIpc) is 2.33. The number of nitrogens with two attached hydrogens (primary N) is 1. The molecule has 3 atom stereocenters. The minimum Gasteiger partial charge on any atom is -0.323 e. The molecule has 0 aromatic heterocycles. The fourth-order valence-corrected chi connectivity index (χ4v) is 3.67. The lowest BCUT2D eigenvalue weighted by molar-refractivity contribution is 0.584. The van der Waals surface area contributed by atoms with Crippen molar-refractivity contribution >= 4 is 11.8 Å². The molecule has 1 nitrogen and oxygen atoms in total. The van der Waals surface area contributed by atoms with Gasteiger partial charge in [-0.15, -0.1) is 0 Å². The van der Waals surface area contributed by atoms with Gasteiger partial charge in [-0.05, 0) is 30.4 Å². The van der Waals surface area contributed by atoms with Crippen LogP contribution in [0.4, 0.5) is 0 Å². The second-order valence-electron chi connectivity index (χ2n) is 4.66. The van der Waals surface area contributed by atoms with Gasteiger partial charge in [0.2, 0.25) is 0 Å². The summed E-state index contributed by atoms with van der Waals surface area (Å²) in [4.78, 5) is 0. The van der Waals surface area contributed by atoms with Crippen LogP contribution in [0, 0.1) is 0 Å². The van der Waals surface area contributed by atoms with Gasteiger partial charge < -0.3 is 5.73 Å². The summed E-state index contributed by atoms with van der Waals surface area (Å²) in [7, 11) is 0. The van der Waals surface area contributed by atoms with Crippen LogP contribution in [0.5, 0.6) is 0 Å². The van der Waals surface area contributed by atoms with Crippen molar-refractivity contribution in [1.29, 1.82) is 0 Å². The van der Waals surface area contributed by atoms with Gasteiger partial charge in [-0.2, -0.15) is 11.8 Å². The van der Waals surface area contributed by atoms with E-state index in [2.05, 4.69) is 49.9 Å². The molecule has 0 bridgehead atoms. The van der Waals surface area contributed by atoms with Crippen LogP contribution in [0.2, 0.25) is 0 Å². The Kier molecular flexibility index (Phi) is 3.93. The number of hydrogen-bond acceptors (Lipinski definition) is 2. The molecule has 88 valence electrons. The Morgan fingerprint density at radius 1 is 1.44 bits per heavy atom. The van der Waals surface area contributed by atoms with Crippen molar-refractivity contribution in [3.05, 3.63) is 35.4 Å². The molecule has 0 heterocycles. The van der Waals surface area contributed by atoms with Crippen molar-refractivity contribution in [3.8, 4) is 0 Å². The Hall–Kier alpha value is -0.470. The highest BCUT2D eigenvalue weighted by atomic mass is 32.2. The molecule has 16 heavy (non-hydrogen) atoms. The molecule has 1 aliphatic rings. The quantitative estimate of drug-likeness (QED) is 0.867. The van der Waals surface area contributed by atoms with E-state index in [-0.39, 0.29) is 6.04 Å². The smallest absolute Gasteiger partial charge is 0.0418 e. The van der Waals surface area contributed by atoms with Crippen molar-refractivity contribution in [1.82, 2.24) is 0 Å². The van der Waals surface area contributed by atoms with Crippen LogP contribution in [-0.2, 0) is 6.42 Å². The second-order valence-corrected chi connectivity index (χ2v) is 6.34. The fourth-order valence-electron chi connectivity index (χ4n) is 2.31. The summed E-state index contributed by atoms with van der Waals surface area (Å²) in [5.41, 5.74) is 9.20. The average molecular weight is 235 g/mol. The van der Waals surface area contributed by atoms with Gasteiger partial charge in [-0.1, -0.05) is 38.1 Å². The van der Waals surface area contributed by atoms with E-state index in [1.54, 1.807) is 0 Å². The third-order valence-corrected chi connectivity index (χ3v) is 5.17. The third-order valence-electron chi connectivity index (χ3n) is 3.49. The van der Waals surface area contributed by atoms with Crippen molar-refractivity contribution in [2.24, 2.45) is 5.73 Å². The molecule has 0 saturated carbocycles. The van der Waals surface area contributed by atoms with Crippen molar-refractivity contribution < 1.29 is 0 Å². The molecule has 1 aromatic carbocycles. The molecule has 3 unspecified atom stereocenters. The van der Waals surface area contributed by atoms with E-state index < -0.39 is 0 Å². The van der Waals surface area contributed by atoms with Gasteiger partial charge in [-0.3, -0.25) is 0 Å². The van der Waals surface area contributed by atoms with Crippen LogP contribution in [-0.4, -0.2) is 10.5 Å². The molecule has 0 fully saturated rings. The standard InChI is InChI=1S/C14H21NS/c1-3-10(2)16-13-9-8-11-6-4-5-7-12(11)14(13)15/h4-7,10,13-14H,3,8-9,15H2,1-2H3. The minimum absolute atomic E-state index is 0.226. The molecule has 0 spiro atoms. The number of rotatable bonds is 3. The number of hydrogen-bond donors (Lipinski definition) is 1. The summed E-state index contributed by atoms with van der Waals surface area (Å²) >= 11 is 2.07. The van der Waals surface area contributed by atoms with Gasteiger partial charge in [0.05, 0.1) is 0 Å². The van der Waals surface area contributed by atoms with Gasteiger partial charge in [0.1, 0.15) is 0 Å². The number of thioether (sulfide) groups is 1. The number of aryl methyl sites for hydroxylation is 1. The molecule has 0 aliphatic heterocycles. The zero-order valence-corrected chi connectivity index (χ0v) is 11.0. The first kappa shape index (κ1) is 12.0. The Morgan fingerprint density at radius 2 is 2.19 bits per heavy atom. The Morgan fingerprint density at radius 3 is 2.94 bits per heavy atom. The summed E-state index contributed by atoms with van der Waals surface area (Å²) < 4.78 is 0. The van der Waals surface area contributed by atoms with E-state index in [0.717, 1.165) is 5.25 Å². The van der Waals surface area contributed by atoms with Crippen molar-refractivity contribution in [2.75, 3.05) is 0 Å². The maximum atomic E-state index is 6.37. The van der Waals surface area contributed by atoms with Crippen LogP contribution in [0.1, 0.15) is 43.9 Å². The number of benzene rings is 1. The van der Waals surface area contributed by atoms with E-state index in [4.69, 9.17) is 5.73 Å². The normalized spacial score (nSPS) is 26.2. The van der Waals surface area contributed by atoms with Crippen LogP contribution >= 0.6 is 11.8 Å². The van der Waals surface area contributed by atoms with Gasteiger partial charge in [-0.25, -0.2) is 0 Å². The number of fused-ring (bicyclic) bond motifs is 1. The summed E-state index contributed by atoms with van der Waals surface area (Å²) in [6.07, 6.45) is 3.65. The molecule has 2 N–H and O–H groups in total. The SMILES string of the molecule is CCC(C)SC1CCc2ccccc2C1N. The van der Waals surface area contributed by atoms with E-state index in [9.17, 15) is 0 Å². The first-order chi connectivity index (χ1) is 7.72. The summed E-state index contributed by atoms with van der Waals surface area (Å²) in [6.45, 7) is 4.55. The van der Waals surface area contributed by atoms with Crippen LogP contribution < -0.4 is 5.73 Å². The summed E-state index contributed by atoms with van der Waals surface area (Å²) in [6, 6.07) is 8.87. The molecule has 1 aliphatic carbocycles. The van der Waals surface area contributed by atoms with Crippen molar-refractivity contribution in [3.63, 3.8) is 0 Å². The fraction of sp³-hybridized carbons (Fsp3) is 0.571. The second kappa shape index (κ2) is 5.24. The molecule has 1 aromatic rings. The lowest BCUT2D eigenvalue weighted by Gasteiger charge is -2.32. The highest BCUT2D eigenvalue weighted by molar-refractivity contribution is 8.00. The Labute approximate surface area is 103 Å². The van der Waals surface area contributed by atoms with E-state index in [1.165, 1.54) is 30.4 Å². The van der Waals surface area contributed by atoms with E-state index in [0.29, 0.717) is 5.25 Å². The molecular formula is C14H21NS. The molecule has 2 rings (SSSR count). The topological polar surface area (TPSA) is 26.0 Å². The first-order valence-electron chi connectivity index (χ1n) is 6.21. The molecule has 0 saturated heterocycles. The van der Waals surface area contributed by atoms with Gasteiger partial charge >= 0.3 is 0 Å². The van der Waals surface area contributed by atoms with Gasteiger partial charge in [0.15, 0.2) is 0 Å². The van der Waals surface area contributed by atoms with E-state index >= 15 is 0 Å². The third kappa shape index (κ3) is 2.44. The Bertz CT molecular complexity index is 350. The lowest BCUT2D eigenvalue weighted by Crippen LogP contribution is -2.30. The van der Waals surface area contributed by atoms with Crippen molar-refractivity contribution in [2.45, 2.75) is 49.7 Å². The molecule has 0 amide bonds. The summed E-state index contributed by atoms with van der Waals surface area (Å²) in [5, 5.41) is 1.33. The first-order valence-corrected chi connectivity index (χ1v) is 7.15. The lowest BCUT2D eigenvalue weighted by atomic mass is 9.88. The van der Waals surface area contributed by atoms with Gasteiger partial charge in [0.25, 0.3) is 0 Å². The maximum Gasteiger partial charge on any atom is 0.0418 e. The predicted molar refractivity (Wildman–Crippen MR) is 72.8 cm³/mol. The molecule has 0 radical (unpaired) electrons. The largest absolute Gasteiger partial charge is 0.323 e. The predicted octanol–water partition coefficient (Wildman–Crippen LogP) is 3.53. The highest BCUT2D eigenvalue weighted by Gasteiger charge is 2.27. The summed E-state index contributed by atoms with van der Waals surface area (Å²) in [5.74, 6) is 0. The minimum atomic E-state index is 0.226. The maximum absolute atomic E-state index is 6.37. The van der Waals surface area contributed by atoms with Gasteiger partial charge in [0, 0.05) is 16.5 Å². The zero-order chi connectivity index (χ0) is 11.5. The molecular weight excluding hydrogens is 214 g/mol. The molecule has 2 heteroatoms. The van der Waals surface area contributed by atoms with E-state index in [1.807, 2.05) is 0 Å². The Balaban J connectivity index is 2.12. The monoisotopic (exact) mass is 235 g/mol. The van der Waals surface area contributed by atoms with Crippen LogP contribution in [0.3, 0.4) is 0 Å². The highest BCUT2D eigenvalue weighted by Crippen LogP contribution is 2.37. The van der Waals surface area contributed by atoms with Crippen LogP contribution in [0.15, 0.2) is 24.3 Å². The van der Waals surface area contributed by atoms with Crippen LogP contribution in [0.25, 0.3) is 0 Å².